The number of halogens is 3. The van der Waals surface area contributed by atoms with Crippen LogP contribution in [0.4, 0.5) is 4.39 Å². The van der Waals surface area contributed by atoms with Crippen LogP contribution in [0.1, 0.15) is 21.5 Å². The zero-order valence-electron chi connectivity index (χ0n) is 15.6. The fraction of sp³-hybridized carbons (Fsp3) is 0.0870. The van der Waals surface area contributed by atoms with E-state index in [4.69, 9.17) is 16.3 Å². The van der Waals surface area contributed by atoms with Crippen LogP contribution in [0.5, 0.6) is 5.75 Å². The van der Waals surface area contributed by atoms with Gasteiger partial charge in [0.2, 0.25) is 0 Å². The van der Waals surface area contributed by atoms with Gasteiger partial charge < -0.3 is 14.4 Å². The number of nitrogens with zero attached hydrogens (tertiary/aromatic N) is 1. The molecule has 1 N–H and O–H groups in total. The molecular formula is C23H16BrClFNO3. The molecule has 4 nitrogen and oxygen atoms in total. The first-order valence-electron chi connectivity index (χ1n) is 9.08. The van der Waals surface area contributed by atoms with Crippen molar-refractivity contribution in [1.82, 2.24) is 4.57 Å². The van der Waals surface area contributed by atoms with Gasteiger partial charge in [0.25, 0.3) is 0 Å². The SMILES string of the molecule is O=C(O)c1cccc2c1ccn2Cc1cc(Br)ccc1OCc1ccc(F)cc1Cl. The average molecular weight is 489 g/mol. The molecule has 0 atom stereocenters. The molecule has 0 aliphatic heterocycles. The fourth-order valence-corrected chi connectivity index (χ4v) is 3.97. The second-order valence-corrected chi connectivity index (χ2v) is 8.09. The van der Waals surface area contributed by atoms with Crippen molar-refractivity contribution in [1.29, 1.82) is 0 Å². The van der Waals surface area contributed by atoms with Crippen molar-refractivity contribution in [2.75, 3.05) is 0 Å². The van der Waals surface area contributed by atoms with Gasteiger partial charge in [-0.3, -0.25) is 0 Å². The number of carbonyl (C=O) groups is 1. The summed E-state index contributed by atoms with van der Waals surface area (Å²) in [4.78, 5) is 11.5. The molecule has 4 aromatic rings. The van der Waals surface area contributed by atoms with Gasteiger partial charge in [0.05, 0.1) is 17.1 Å². The lowest BCUT2D eigenvalue weighted by molar-refractivity contribution is 0.0699. The Labute approximate surface area is 185 Å². The Hall–Kier alpha value is -2.83. The van der Waals surface area contributed by atoms with E-state index < -0.39 is 11.8 Å². The number of aromatic nitrogens is 1. The number of carboxylic acid groups (broad SMARTS) is 1. The minimum atomic E-state index is -0.957. The highest BCUT2D eigenvalue weighted by molar-refractivity contribution is 9.10. The second-order valence-electron chi connectivity index (χ2n) is 6.76. The number of carboxylic acids is 1. The molecular weight excluding hydrogens is 473 g/mol. The predicted octanol–water partition coefficient (Wildman–Crippen LogP) is 6.52. The largest absolute Gasteiger partial charge is 0.488 e. The monoisotopic (exact) mass is 487 g/mol. The van der Waals surface area contributed by atoms with E-state index in [1.54, 1.807) is 24.3 Å². The van der Waals surface area contributed by atoms with Crippen LogP contribution >= 0.6 is 27.5 Å². The van der Waals surface area contributed by atoms with Gasteiger partial charge in [0.15, 0.2) is 0 Å². The molecule has 7 heteroatoms. The van der Waals surface area contributed by atoms with Gasteiger partial charge in [0.1, 0.15) is 18.2 Å². The molecule has 0 amide bonds. The minimum absolute atomic E-state index is 0.198. The summed E-state index contributed by atoms with van der Waals surface area (Å²) in [5, 5.41) is 10.4. The van der Waals surface area contributed by atoms with Crippen molar-refractivity contribution in [2.24, 2.45) is 0 Å². The lowest BCUT2D eigenvalue weighted by Crippen LogP contribution is -2.04. The third kappa shape index (κ3) is 4.20. The number of ether oxygens (including phenoxy) is 1. The Balaban J connectivity index is 1.64. The molecule has 152 valence electrons. The summed E-state index contributed by atoms with van der Waals surface area (Å²) in [6.45, 7) is 0.682. The highest BCUT2D eigenvalue weighted by atomic mass is 79.9. The molecule has 0 spiro atoms. The van der Waals surface area contributed by atoms with Gasteiger partial charge in [0, 0.05) is 32.7 Å². The Bertz CT molecular complexity index is 1250. The van der Waals surface area contributed by atoms with Gasteiger partial charge in [-0.25, -0.2) is 9.18 Å². The van der Waals surface area contributed by atoms with E-state index in [0.717, 1.165) is 15.6 Å². The van der Waals surface area contributed by atoms with Crippen LogP contribution in [0.25, 0.3) is 10.9 Å². The standard InChI is InChI=1S/C23H16BrClFNO3/c24-16-5-7-22(30-13-14-4-6-17(26)11-20(14)25)15(10-16)12-27-9-8-18-19(23(28)29)2-1-3-21(18)27/h1-11H,12-13H2,(H,28,29). The van der Waals surface area contributed by atoms with Crippen molar-refractivity contribution in [2.45, 2.75) is 13.2 Å². The van der Waals surface area contributed by atoms with E-state index in [2.05, 4.69) is 15.9 Å². The molecule has 0 saturated carbocycles. The summed E-state index contributed by atoms with van der Waals surface area (Å²) in [7, 11) is 0. The molecule has 3 aromatic carbocycles. The summed E-state index contributed by atoms with van der Waals surface area (Å²) in [6.07, 6.45) is 1.86. The van der Waals surface area contributed by atoms with Crippen molar-refractivity contribution >= 4 is 44.4 Å². The Morgan fingerprint density at radius 1 is 1.10 bits per heavy atom. The third-order valence-corrected chi connectivity index (χ3v) is 5.65. The van der Waals surface area contributed by atoms with Gasteiger partial charge >= 0.3 is 5.97 Å². The van der Waals surface area contributed by atoms with Crippen LogP contribution in [0.15, 0.2) is 71.3 Å². The summed E-state index contributed by atoms with van der Waals surface area (Å²) in [5.41, 5.74) is 2.68. The first kappa shape index (κ1) is 20.4. The van der Waals surface area contributed by atoms with E-state index in [9.17, 15) is 14.3 Å². The van der Waals surface area contributed by atoms with E-state index in [1.165, 1.54) is 12.1 Å². The molecule has 1 heterocycles. The molecule has 1 aromatic heterocycles. The van der Waals surface area contributed by atoms with Gasteiger partial charge in [-0.1, -0.05) is 39.7 Å². The predicted molar refractivity (Wildman–Crippen MR) is 118 cm³/mol. The molecule has 0 bridgehead atoms. The van der Waals surface area contributed by atoms with E-state index in [1.807, 2.05) is 35.0 Å². The van der Waals surface area contributed by atoms with Gasteiger partial charge in [-0.2, -0.15) is 0 Å². The lowest BCUT2D eigenvalue weighted by atomic mass is 10.1. The summed E-state index contributed by atoms with van der Waals surface area (Å²) in [6, 6.07) is 16.9. The van der Waals surface area contributed by atoms with Crippen LogP contribution in [0.3, 0.4) is 0 Å². The smallest absolute Gasteiger partial charge is 0.336 e. The maximum Gasteiger partial charge on any atom is 0.336 e. The Morgan fingerprint density at radius 3 is 2.70 bits per heavy atom. The lowest BCUT2D eigenvalue weighted by Gasteiger charge is -2.14. The van der Waals surface area contributed by atoms with E-state index in [-0.39, 0.29) is 12.2 Å². The number of aromatic carboxylic acids is 1. The minimum Gasteiger partial charge on any atom is -0.488 e. The number of fused-ring (bicyclic) bond motifs is 1. The summed E-state index contributed by atoms with van der Waals surface area (Å²) in [5.74, 6) is -0.691. The molecule has 0 aliphatic carbocycles. The van der Waals surface area contributed by atoms with E-state index in [0.29, 0.717) is 28.3 Å². The number of hydrogen-bond acceptors (Lipinski definition) is 2. The van der Waals surface area contributed by atoms with Crippen LogP contribution < -0.4 is 4.74 Å². The molecule has 0 unspecified atom stereocenters. The first-order chi connectivity index (χ1) is 14.4. The van der Waals surface area contributed by atoms with E-state index >= 15 is 0 Å². The second kappa shape index (κ2) is 8.50. The molecule has 0 radical (unpaired) electrons. The quantitative estimate of drug-likeness (QED) is 0.336. The highest BCUT2D eigenvalue weighted by Gasteiger charge is 2.13. The van der Waals surface area contributed by atoms with Crippen LogP contribution in [0, 0.1) is 5.82 Å². The third-order valence-electron chi connectivity index (χ3n) is 4.81. The van der Waals surface area contributed by atoms with Crippen molar-refractivity contribution < 1.29 is 19.0 Å². The average Bonchev–Trinajstić information content (AvgIpc) is 3.11. The Kier molecular flexibility index (Phi) is 5.79. The summed E-state index contributed by atoms with van der Waals surface area (Å²) >= 11 is 9.59. The zero-order valence-corrected chi connectivity index (χ0v) is 18.0. The fourth-order valence-electron chi connectivity index (χ4n) is 3.34. The van der Waals surface area contributed by atoms with Crippen molar-refractivity contribution in [3.05, 3.63) is 98.9 Å². The number of hydrogen-bond donors (Lipinski definition) is 1. The van der Waals surface area contributed by atoms with Crippen molar-refractivity contribution in [3.63, 3.8) is 0 Å². The van der Waals surface area contributed by atoms with Crippen LogP contribution in [-0.2, 0) is 13.2 Å². The topological polar surface area (TPSA) is 51.5 Å². The first-order valence-corrected chi connectivity index (χ1v) is 10.3. The van der Waals surface area contributed by atoms with Gasteiger partial charge in [-0.15, -0.1) is 0 Å². The highest BCUT2D eigenvalue weighted by Crippen LogP contribution is 2.28. The van der Waals surface area contributed by atoms with Crippen LogP contribution in [0.2, 0.25) is 5.02 Å². The maximum atomic E-state index is 13.3. The number of benzene rings is 3. The van der Waals surface area contributed by atoms with Gasteiger partial charge in [-0.05, 0) is 48.5 Å². The molecule has 30 heavy (non-hydrogen) atoms. The molecule has 0 aliphatic rings. The maximum absolute atomic E-state index is 13.3. The molecule has 0 fully saturated rings. The van der Waals surface area contributed by atoms with Crippen LogP contribution in [-0.4, -0.2) is 15.6 Å². The number of rotatable bonds is 6. The molecule has 4 rings (SSSR count). The van der Waals surface area contributed by atoms with Crippen molar-refractivity contribution in [3.8, 4) is 5.75 Å². The Morgan fingerprint density at radius 2 is 1.93 bits per heavy atom. The normalized spacial score (nSPS) is 11.0. The summed E-state index contributed by atoms with van der Waals surface area (Å²) < 4.78 is 22.1. The zero-order chi connectivity index (χ0) is 21.3. The molecule has 0 saturated heterocycles.